The minimum atomic E-state index is -0.640. The first-order valence-corrected chi connectivity index (χ1v) is 9.72. The van der Waals surface area contributed by atoms with Crippen LogP contribution in [0.25, 0.3) is 6.08 Å². The van der Waals surface area contributed by atoms with Gasteiger partial charge in [0, 0.05) is 17.7 Å². The molecule has 0 aromatic heterocycles. The Labute approximate surface area is 180 Å². The number of hydrogen-bond donors (Lipinski definition) is 0. The first-order valence-electron chi connectivity index (χ1n) is 9.72. The Balaban J connectivity index is 1.61. The third kappa shape index (κ3) is 5.73. The second-order valence-electron chi connectivity index (χ2n) is 7.24. The van der Waals surface area contributed by atoms with Gasteiger partial charge in [0.05, 0.1) is 10.5 Å². The largest absolute Gasteiger partial charge is 0.423 e. The van der Waals surface area contributed by atoms with Gasteiger partial charge in [0.25, 0.3) is 5.69 Å². The molecule has 0 atom stereocenters. The van der Waals surface area contributed by atoms with Gasteiger partial charge in [-0.1, -0.05) is 44.2 Å². The topological polar surface area (TPSA) is 86.5 Å². The predicted molar refractivity (Wildman–Crippen MR) is 118 cm³/mol. The number of nitro benzene ring substituents is 1. The number of ether oxygens (including phenoxy) is 1. The van der Waals surface area contributed by atoms with Gasteiger partial charge in [0.2, 0.25) is 0 Å². The van der Waals surface area contributed by atoms with E-state index < -0.39 is 10.9 Å². The first kappa shape index (κ1) is 21.6. The maximum atomic E-state index is 12.4. The Bertz CT molecular complexity index is 1110. The van der Waals surface area contributed by atoms with Crippen LogP contribution in [0.2, 0.25) is 0 Å². The molecule has 0 aliphatic heterocycles. The molecule has 0 amide bonds. The molecule has 0 spiro atoms. The van der Waals surface area contributed by atoms with E-state index >= 15 is 0 Å². The molecule has 0 radical (unpaired) electrons. The van der Waals surface area contributed by atoms with Crippen molar-refractivity contribution < 1.29 is 19.2 Å². The lowest BCUT2D eigenvalue weighted by Gasteiger charge is -2.05. The molecule has 0 saturated heterocycles. The van der Waals surface area contributed by atoms with Crippen LogP contribution in [0, 0.1) is 10.1 Å². The highest BCUT2D eigenvalue weighted by atomic mass is 16.6. The molecule has 31 heavy (non-hydrogen) atoms. The van der Waals surface area contributed by atoms with Crippen LogP contribution in [0.1, 0.15) is 51.6 Å². The molecule has 156 valence electrons. The maximum Gasteiger partial charge on any atom is 0.343 e. The van der Waals surface area contributed by atoms with Crippen LogP contribution >= 0.6 is 0 Å². The van der Waals surface area contributed by atoms with E-state index in [1.54, 1.807) is 18.2 Å². The number of hydrogen-bond acceptors (Lipinski definition) is 5. The van der Waals surface area contributed by atoms with Gasteiger partial charge in [-0.3, -0.25) is 14.9 Å². The van der Waals surface area contributed by atoms with Crippen molar-refractivity contribution in [3.63, 3.8) is 0 Å². The lowest BCUT2D eigenvalue weighted by atomic mass is 10.0. The van der Waals surface area contributed by atoms with E-state index in [0.29, 0.717) is 11.5 Å². The Morgan fingerprint density at radius 3 is 2.00 bits per heavy atom. The number of carbonyl (C=O) groups excluding carboxylic acids is 2. The average molecular weight is 415 g/mol. The summed E-state index contributed by atoms with van der Waals surface area (Å²) in [6, 6.07) is 19.4. The molecule has 0 N–H and O–H groups in total. The highest BCUT2D eigenvalue weighted by molar-refractivity contribution is 6.06. The monoisotopic (exact) mass is 415 g/mol. The molecular weight excluding hydrogens is 394 g/mol. The zero-order valence-corrected chi connectivity index (χ0v) is 17.1. The summed E-state index contributed by atoms with van der Waals surface area (Å²) in [6.45, 7) is 4.25. The third-order valence-corrected chi connectivity index (χ3v) is 4.69. The normalized spacial score (nSPS) is 10.9. The fraction of sp³-hybridized carbons (Fsp3) is 0.120. The quantitative estimate of drug-likeness (QED) is 0.121. The van der Waals surface area contributed by atoms with Crippen molar-refractivity contribution >= 4 is 23.5 Å². The Kier molecular flexibility index (Phi) is 6.72. The number of rotatable bonds is 7. The third-order valence-electron chi connectivity index (χ3n) is 4.69. The number of nitrogens with zero attached hydrogens (tertiary/aromatic N) is 1. The number of ketones is 1. The second kappa shape index (κ2) is 9.63. The SMILES string of the molecule is CC(C)c1ccc(/C=C\C(=O)c2ccc(OC(=O)c3ccc([N+](=O)[O-])cc3)cc2)cc1. The van der Waals surface area contributed by atoms with Crippen molar-refractivity contribution in [2.45, 2.75) is 19.8 Å². The zero-order chi connectivity index (χ0) is 22.4. The summed E-state index contributed by atoms with van der Waals surface area (Å²) in [5.41, 5.74) is 2.72. The molecule has 6 nitrogen and oxygen atoms in total. The summed E-state index contributed by atoms with van der Waals surface area (Å²) in [5, 5.41) is 10.7. The van der Waals surface area contributed by atoms with Gasteiger partial charge in [0.1, 0.15) is 5.75 Å². The number of non-ortho nitro benzene ring substituents is 1. The molecule has 0 saturated carbocycles. The van der Waals surface area contributed by atoms with Crippen molar-refractivity contribution in [1.29, 1.82) is 0 Å². The van der Waals surface area contributed by atoms with Gasteiger partial charge >= 0.3 is 5.97 Å². The van der Waals surface area contributed by atoms with Crippen molar-refractivity contribution in [2.24, 2.45) is 0 Å². The standard InChI is InChI=1S/C25H21NO5/c1-17(2)19-6-3-18(4-7-19)5-16-24(27)20-10-14-23(15-11-20)31-25(28)21-8-12-22(13-9-21)26(29)30/h3-17H,1-2H3/b16-5-. The van der Waals surface area contributed by atoms with E-state index in [0.717, 1.165) is 5.56 Å². The van der Waals surface area contributed by atoms with E-state index in [4.69, 9.17) is 4.74 Å². The van der Waals surface area contributed by atoms with Crippen LogP contribution < -0.4 is 4.74 Å². The highest BCUT2D eigenvalue weighted by Gasteiger charge is 2.12. The Morgan fingerprint density at radius 1 is 0.871 bits per heavy atom. The smallest absolute Gasteiger partial charge is 0.343 e. The van der Waals surface area contributed by atoms with Crippen LogP contribution in [0.3, 0.4) is 0 Å². The number of esters is 1. The second-order valence-corrected chi connectivity index (χ2v) is 7.24. The highest BCUT2D eigenvalue weighted by Crippen LogP contribution is 2.18. The predicted octanol–water partition coefficient (Wildman–Crippen LogP) is 5.83. The van der Waals surface area contributed by atoms with Gasteiger partial charge in [-0.25, -0.2) is 4.79 Å². The summed E-state index contributed by atoms with van der Waals surface area (Å²) >= 11 is 0. The minimum Gasteiger partial charge on any atom is -0.423 e. The summed E-state index contributed by atoms with van der Waals surface area (Å²) in [5.74, 6) is -0.0827. The van der Waals surface area contributed by atoms with Crippen LogP contribution in [0.15, 0.2) is 78.9 Å². The molecule has 0 aliphatic rings. The van der Waals surface area contributed by atoms with Crippen molar-refractivity contribution in [3.05, 3.63) is 111 Å². The zero-order valence-electron chi connectivity index (χ0n) is 17.1. The lowest BCUT2D eigenvalue weighted by Crippen LogP contribution is -2.08. The summed E-state index contributed by atoms with van der Waals surface area (Å²) in [7, 11) is 0. The van der Waals surface area contributed by atoms with Gasteiger partial charge < -0.3 is 4.74 Å². The van der Waals surface area contributed by atoms with Gasteiger partial charge in [0.15, 0.2) is 5.78 Å². The first-order chi connectivity index (χ1) is 14.8. The van der Waals surface area contributed by atoms with E-state index in [1.165, 1.54) is 48.0 Å². The molecule has 3 rings (SSSR count). The Hall–Kier alpha value is -4.06. The molecule has 0 heterocycles. The fourth-order valence-electron chi connectivity index (χ4n) is 2.83. The number of carbonyl (C=O) groups is 2. The summed E-state index contributed by atoms with van der Waals surface area (Å²) in [6.07, 6.45) is 3.26. The Morgan fingerprint density at radius 2 is 1.45 bits per heavy atom. The molecule has 0 unspecified atom stereocenters. The van der Waals surface area contributed by atoms with Crippen LogP contribution in [0.5, 0.6) is 5.75 Å². The van der Waals surface area contributed by atoms with E-state index in [-0.39, 0.29) is 22.8 Å². The molecule has 0 fully saturated rings. The van der Waals surface area contributed by atoms with Crippen LogP contribution in [0.4, 0.5) is 5.69 Å². The molecule has 3 aromatic carbocycles. The van der Waals surface area contributed by atoms with E-state index in [2.05, 4.69) is 13.8 Å². The molecule has 0 aliphatic carbocycles. The summed E-state index contributed by atoms with van der Waals surface area (Å²) < 4.78 is 5.26. The minimum absolute atomic E-state index is 0.108. The van der Waals surface area contributed by atoms with Crippen LogP contribution in [-0.4, -0.2) is 16.7 Å². The molecule has 3 aromatic rings. The lowest BCUT2D eigenvalue weighted by molar-refractivity contribution is -0.384. The summed E-state index contributed by atoms with van der Waals surface area (Å²) in [4.78, 5) is 34.7. The van der Waals surface area contributed by atoms with Crippen molar-refractivity contribution in [1.82, 2.24) is 0 Å². The number of allylic oxidation sites excluding steroid dienone is 1. The molecular formula is C25H21NO5. The van der Waals surface area contributed by atoms with E-state index in [1.807, 2.05) is 24.3 Å². The average Bonchev–Trinajstić information content (AvgIpc) is 2.78. The molecule has 6 heteroatoms. The van der Waals surface area contributed by atoms with Gasteiger partial charge in [-0.05, 0) is 59.5 Å². The number of nitro groups is 1. The fourth-order valence-corrected chi connectivity index (χ4v) is 2.83. The van der Waals surface area contributed by atoms with E-state index in [9.17, 15) is 19.7 Å². The van der Waals surface area contributed by atoms with Crippen molar-refractivity contribution in [3.8, 4) is 5.75 Å². The van der Waals surface area contributed by atoms with Crippen molar-refractivity contribution in [2.75, 3.05) is 0 Å². The van der Waals surface area contributed by atoms with Crippen LogP contribution in [-0.2, 0) is 0 Å². The number of benzene rings is 3. The van der Waals surface area contributed by atoms with Gasteiger partial charge in [-0.2, -0.15) is 0 Å². The maximum absolute atomic E-state index is 12.4. The van der Waals surface area contributed by atoms with Gasteiger partial charge in [-0.15, -0.1) is 0 Å². The molecule has 0 bridgehead atoms.